The Morgan fingerprint density at radius 3 is 2.45 bits per heavy atom. The van der Waals surface area contributed by atoms with Gasteiger partial charge in [-0.25, -0.2) is 0 Å². The van der Waals surface area contributed by atoms with Gasteiger partial charge in [0.05, 0.1) is 0 Å². The summed E-state index contributed by atoms with van der Waals surface area (Å²) in [5.74, 6) is 0.341. The first-order valence-electron chi connectivity index (χ1n) is 4.46. The minimum Gasteiger partial charge on any atom is -0.294 e. The molecule has 0 spiro atoms. The van der Waals surface area contributed by atoms with Gasteiger partial charge in [0.1, 0.15) is 0 Å². The predicted octanol–water partition coefficient (Wildman–Crippen LogP) is 2.71. The van der Waals surface area contributed by atoms with Crippen molar-refractivity contribution in [2.24, 2.45) is 5.41 Å². The van der Waals surface area contributed by atoms with Crippen LogP contribution in [0, 0.1) is 5.41 Å². The van der Waals surface area contributed by atoms with Crippen molar-refractivity contribution < 1.29 is 4.79 Å². The fourth-order valence-electron chi connectivity index (χ4n) is 1.80. The van der Waals surface area contributed by atoms with E-state index < -0.39 is 0 Å². The number of hydrogen-bond acceptors (Lipinski definition) is 1. The van der Waals surface area contributed by atoms with Gasteiger partial charge in [-0.15, -0.1) is 0 Å². The molecule has 0 heterocycles. The van der Waals surface area contributed by atoms with Gasteiger partial charge in [-0.3, -0.25) is 4.79 Å². The van der Waals surface area contributed by atoms with E-state index in [2.05, 4.69) is 13.8 Å². The smallest absolute Gasteiger partial charge is 0.161 e. The molecule has 0 amide bonds. The predicted molar refractivity (Wildman–Crippen MR) is 46.4 cm³/mol. The van der Waals surface area contributed by atoms with Crippen LogP contribution in [0.2, 0.25) is 0 Å². The maximum absolute atomic E-state index is 11.5. The van der Waals surface area contributed by atoms with Gasteiger partial charge < -0.3 is 0 Å². The van der Waals surface area contributed by atoms with Gasteiger partial charge in [-0.2, -0.15) is 0 Å². The summed E-state index contributed by atoms with van der Waals surface area (Å²) in [4.78, 5) is 11.5. The molecule has 1 heteroatoms. The van der Waals surface area contributed by atoms with Crippen LogP contribution in [-0.4, -0.2) is 5.78 Å². The SMILES string of the molecule is CCC1(CC)CCC=CC1=O. The molecule has 1 aliphatic carbocycles. The van der Waals surface area contributed by atoms with Crippen LogP contribution >= 0.6 is 0 Å². The van der Waals surface area contributed by atoms with Crippen LogP contribution in [0.3, 0.4) is 0 Å². The number of carbonyl (C=O) groups is 1. The molecule has 0 aromatic rings. The average molecular weight is 152 g/mol. The van der Waals surface area contributed by atoms with E-state index in [1.54, 1.807) is 6.08 Å². The highest BCUT2D eigenvalue weighted by Crippen LogP contribution is 2.36. The highest BCUT2D eigenvalue weighted by molar-refractivity contribution is 5.95. The number of allylic oxidation sites excluding steroid dienone is 2. The van der Waals surface area contributed by atoms with E-state index in [1.165, 1.54) is 0 Å². The van der Waals surface area contributed by atoms with Gasteiger partial charge >= 0.3 is 0 Å². The quantitative estimate of drug-likeness (QED) is 0.594. The Kier molecular flexibility index (Phi) is 2.48. The second-order valence-corrected chi connectivity index (χ2v) is 3.29. The summed E-state index contributed by atoms with van der Waals surface area (Å²) in [6.07, 6.45) is 7.87. The van der Waals surface area contributed by atoms with Crippen molar-refractivity contribution in [3.8, 4) is 0 Å². The number of hydrogen-bond donors (Lipinski definition) is 0. The molecule has 0 bridgehead atoms. The van der Waals surface area contributed by atoms with Crippen molar-refractivity contribution >= 4 is 5.78 Å². The highest BCUT2D eigenvalue weighted by Gasteiger charge is 2.33. The lowest BCUT2D eigenvalue weighted by atomic mass is 9.72. The van der Waals surface area contributed by atoms with Gasteiger partial charge in [0.25, 0.3) is 0 Å². The molecule has 0 aliphatic heterocycles. The lowest BCUT2D eigenvalue weighted by Crippen LogP contribution is -2.30. The third-order valence-electron chi connectivity index (χ3n) is 2.94. The molecule has 0 N–H and O–H groups in total. The lowest BCUT2D eigenvalue weighted by molar-refractivity contribution is -0.125. The second-order valence-electron chi connectivity index (χ2n) is 3.29. The molecule has 0 fully saturated rings. The molecule has 0 aromatic carbocycles. The van der Waals surface area contributed by atoms with Crippen molar-refractivity contribution in [1.29, 1.82) is 0 Å². The van der Waals surface area contributed by atoms with Gasteiger partial charge in [-0.1, -0.05) is 19.9 Å². The van der Waals surface area contributed by atoms with Crippen molar-refractivity contribution in [2.75, 3.05) is 0 Å². The van der Waals surface area contributed by atoms with Gasteiger partial charge in [-0.05, 0) is 31.8 Å². The minimum absolute atomic E-state index is 0.00521. The zero-order valence-corrected chi connectivity index (χ0v) is 7.39. The number of rotatable bonds is 2. The molecule has 1 nitrogen and oxygen atoms in total. The summed E-state index contributed by atoms with van der Waals surface area (Å²) in [6, 6.07) is 0. The third-order valence-corrected chi connectivity index (χ3v) is 2.94. The van der Waals surface area contributed by atoms with Crippen LogP contribution in [0.1, 0.15) is 39.5 Å². The Balaban J connectivity index is 2.82. The van der Waals surface area contributed by atoms with Crippen LogP contribution in [0.5, 0.6) is 0 Å². The monoisotopic (exact) mass is 152 g/mol. The fourth-order valence-corrected chi connectivity index (χ4v) is 1.80. The summed E-state index contributed by atoms with van der Waals surface area (Å²) in [5, 5.41) is 0. The maximum Gasteiger partial charge on any atom is 0.161 e. The van der Waals surface area contributed by atoms with E-state index in [4.69, 9.17) is 0 Å². The second kappa shape index (κ2) is 3.21. The van der Waals surface area contributed by atoms with E-state index in [-0.39, 0.29) is 5.41 Å². The molecule has 1 aliphatic rings. The highest BCUT2D eigenvalue weighted by atomic mass is 16.1. The minimum atomic E-state index is -0.00521. The summed E-state index contributed by atoms with van der Waals surface area (Å²) in [7, 11) is 0. The molecule has 11 heavy (non-hydrogen) atoms. The van der Waals surface area contributed by atoms with Crippen LogP contribution in [-0.2, 0) is 4.79 Å². The van der Waals surface area contributed by atoms with E-state index >= 15 is 0 Å². The number of ketones is 1. The van der Waals surface area contributed by atoms with E-state index in [9.17, 15) is 4.79 Å². The molecule has 0 saturated carbocycles. The normalized spacial score (nSPS) is 22.2. The summed E-state index contributed by atoms with van der Waals surface area (Å²) < 4.78 is 0. The standard InChI is InChI=1S/C10H16O/c1-3-10(4-2)8-6-5-7-9(10)11/h5,7H,3-4,6,8H2,1-2H3. The molecule has 0 atom stereocenters. The third kappa shape index (κ3) is 1.37. The molecule has 0 radical (unpaired) electrons. The summed E-state index contributed by atoms with van der Waals surface area (Å²) >= 11 is 0. The Bertz CT molecular complexity index is 175. The van der Waals surface area contributed by atoms with E-state index in [0.29, 0.717) is 5.78 Å². The molecule has 62 valence electrons. The zero-order valence-electron chi connectivity index (χ0n) is 7.39. The molecule has 1 rings (SSSR count). The lowest BCUT2D eigenvalue weighted by Gasteiger charge is -2.30. The Morgan fingerprint density at radius 1 is 1.45 bits per heavy atom. The van der Waals surface area contributed by atoms with Crippen LogP contribution in [0.15, 0.2) is 12.2 Å². The zero-order chi connectivity index (χ0) is 8.32. The van der Waals surface area contributed by atoms with Crippen LogP contribution in [0.4, 0.5) is 0 Å². The van der Waals surface area contributed by atoms with E-state index in [1.807, 2.05) is 6.08 Å². The summed E-state index contributed by atoms with van der Waals surface area (Å²) in [5.41, 5.74) is -0.00521. The number of carbonyl (C=O) groups excluding carboxylic acids is 1. The molecule has 0 unspecified atom stereocenters. The first-order valence-corrected chi connectivity index (χ1v) is 4.46. The first-order chi connectivity index (χ1) is 5.25. The van der Waals surface area contributed by atoms with Crippen LogP contribution in [0.25, 0.3) is 0 Å². The average Bonchev–Trinajstić information content (AvgIpc) is 2.06. The molecular weight excluding hydrogens is 136 g/mol. The first kappa shape index (κ1) is 8.51. The van der Waals surface area contributed by atoms with E-state index in [0.717, 1.165) is 25.7 Å². The molecular formula is C10H16O. The van der Waals surface area contributed by atoms with Crippen LogP contribution < -0.4 is 0 Å². The van der Waals surface area contributed by atoms with Gasteiger partial charge in [0.2, 0.25) is 0 Å². The van der Waals surface area contributed by atoms with Crippen molar-refractivity contribution in [1.82, 2.24) is 0 Å². The van der Waals surface area contributed by atoms with Crippen molar-refractivity contribution in [3.05, 3.63) is 12.2 Å². The van der Waals surface area contributed by atoms with Gasteiger partial charge in [0.15, 0.2) is 5.78 Å². The molecule has 0 saturated heterocycles. The summed E-state index contributed by atoms with van der Waals surface area (Å²) in [6.45, 7) is 4.22. The van der Waals surface area contributed by atoms with Crippen molar-refractivity contribution in [2.45, 2.75) is 39.5 Å². The topological polar surface area (TPSA) is 17.1 Å². The maximum atomic E-state index is 11.5. The fraction of sp³-hybridized carbons (Fsp3) is 0.700. The Labute approximate surface area is 68.5 Å². The molecule has 0 aromatic heterocycles. The Hall–Kier alpha value is -0.590. The van der Waals surface area contributed by atoms with Crippen molar-refractivity contribution in [3.63, 3.8) is 0 Å². The van der Waals surface area contributed by atoms with Gasteiger partial charge in [0, 0.05) is 5.41 Å². The largest absolute Gasteiger partial charge is 0.294 e. The Morgan fingerprint density at radius 2 is 2.09 bits per heavy atom.